The summed E-state index contributed by atoms with van der Waals surface area (Å²) in [6, 6.07) is 17.0. The van der Waals surface area contributed by atoms with Crippen molar-refractivity contribution in [2.75, 3.05) is 30.4 Å². The van der Waals surface area contributed by atoms with E-state index in [9.17, 15) is 9.59 Å². The number of hydrogen-bond acceptors (Lipinski definition) is 3. The molecular formula is C21H25N5O2. The van der Waals surface area contributed by atoms with Crippen LogP contribution in [-0.4, -0.2) is 35.7 Å². The molecule has 0 aliphatic carbocycles. The number of aryl methyl sites for hydroxylation is 1. The molecule has 0 bridgehead atoms. The van der Waals surface area contributed by atoms with Gasteiger partial charge in [-0.1, -0.05) is 30.3 Å². The van der Waals surface area contributed by atoms with E-state index in [1.807, 2.05) is 44.3 Å². The maximum Gasteiger partial charge on any atom is 0.330 e. The lowest BCUT2D eigenvalue weighted by molar-refractivity contribution is 0.252. The van der Waals surface area contributed by atoms with E-state index < -0.39 is 0 Å². The molecule has 0 saturated heterocycles. The second kappa shape index (κ2) is 8.94. The second-order valence-corrected chi connectivity index (χ2v) is 6.58. The van der Waals surface area contributed by atoms with Crippen LogP contribution in [0.4, 0.5) is 16.2 Å². The first-order valence-corrected chi connectivity index (χ1v) is 9.24. The third-order valence-electron chi connectivity index (χ3n) is 4.51. The molecule has 0 saturated carbocycles. The Labute approximate surface area is 164 Å². The summed E-state index contributed by atoms with van der Waals surface area (Å²) in [5.74, 6) is 0. The smallest absolute Gasteiger partial charge is 0.330 e. The van der Waals surface area contributed by atoms with Gasteiger partial charge in [0.05, 0.1) is 11.4 Å². The summed E-state index contributed by atoms with van der Waals surface area (Å²) < 4.78 is 1.53. The van der Waals surface area contributed by atoms with E-state index in [-0.39, 0.29) is 11.7 Å². The van der Waals surface area contributed by atoms with E-state index in [4.69, 9.17) is 0 Å². The zero-order chi connectivity index (χ0) is 19.9. The summed E-state index contributed by atoms with van der Waals surface area (Å²) >= 11 is 0. The number of para-hydroxylation sites is 3. The van der Waals surface area contributed by atoms with Crippen molar-refractivity contribution in [3.8, 4) is 5.69 Å². The van der Waals surface area contributed by atoms with Gasteiger partial charge in [0.15, 0.2) is 0 Å². The highest BCUT2D eigenvalue weighted by molar-refractivity contribution is 5.91. The van der Waals surface area contributed by atoms with Crippen LogP contribution in [0.15, 0.2) is 65.6 Å². The number of rotatable bonds is 7. The summed E-state index contributed by atoms with van der Waals surface area (Å²) in [6.45, 7) is 3.21. The molecule has 7 nitrogen and oxygen atoms in total. The summed E-state index contributed by atoms with van der Waals surface area (Å²) in [5, 5.41) is 5.70. The molecular weight excluding hydrogens is 354 g/mol. The van der Waals surface area contributed by atoms with Gasteiger partial charge in [-0.2, -0.15) is 0 Å². The summed E-state index contributed by atoms with van der Waals surface area (Å²) in [4.78, 5) is 29.1. The summed E-state index contributed by atoms with van der Waals surface area (Å²) in [6.07, 6.45) is 2.46. The van der Waals surface area contributed by atoms with Crippen LogP contribution >= 0.6 is 0 Å². The van der Waals surface area contributed by atoms with Gasteiger partial charge in [0, 0.05) is 37.7 Å². The lowest BCUT2D eigenvalue weighted by Gasteiger charge is -2.19. The third kappa shape index (κ3) is 4.62. The van der Waals surface area contributed by atoms with Crippen LogP contribution < -0.4 is 21.2 Å². The van der Waals surface area contributed by atoms with Crippen LogP contribution in [0.5, 0.6) is 0 Å². The fourth-order valence-electron chi connectivity index (χ4n) is 3.03. The standard InChI is InChI=1S/C21H25N5O2/c1-16-15-23-21(28)26(16)19-12-7-6-11-18(19)24-20(27)22-13-8-14-25(2)17-9-4-3-5-10-17/h3-7,9-12,15H,8,13-14H2,1-2H3,(H,23,28)(H2,22,24,27). The maximum absolute atomic E-state index is 12.3. The Morgan fingerprint density at radius 3 is 2.54 bits per heavy atom. The topological polar surface area (TPSA) is 82.2 Å². The van der Waals surface area contributed by atoms with Crippen LogP contribution in [0.25, 0.3) is 5.69 Å². The molecule has 2 aromatic carbocycles. The minimum Gasteiger partial charge on any atom is -0.375 e. The molecule has 0 atom stereocenters. The lowest BCUT2D eigenvalue weighted by Crippen LogP contribution is -2.32. The van der Waals surface area contributed by atoms with Crippen molar-refractivity contribution < 1.29 is 4.79 Å². The molecule has 146 valence electrons. The van der Waals surface area contributed by atoms with Crippen LogP contribution in [0.3, 0.4) is 0 Å². The van der Waals surface area contributed by atoms with E-state index in [1.165, 1.54) is 4.57 Å². The Bertz CT molecular complexity index is 978. The number of carbonyl (C=O) groups excluding carboxylic acids is 1. The number of hydrogen-bond donors (Lipinski definition) is 3. The Morgan fingerprint density at radius 2 is 1.82 bits per heavy atom. The van der Waals surface area contributed by atoms with Gasteiger partial charge in [0.25, 0.3) is 0 Å². The van der Waals surface area contributed by atoms with E-state index in [1.54, 1.807) is 18.3 Å². The molecule has 28 heavy (non-hydrogen) atoms. The monoisotopic (exact) mass is 379 g/mol. The molecule has 0 radical (unpaired) electrons. The van der Waals surface area contributed by atoms with Gasteiger partial charge in [-0.05, 0) is 37.6 Å². The lowest BCUT2D eigenvalue weighted by atomic mass is 10.2. The quantitative estimate of drug-likeness (QED) is 0.552. The van der Waals surface area contributed by atoms with Gasteiger partial charge in [-0.25, -0.2) is 9.59 Å². The highest BCUT2D eigenvalue weighted by Gasteiger charge is 2.11. The Balaban J connectivity index is 1.54. The Kier molecular flexibility index (Phi) is 6.16. The molecule has 3 N–H and O–H groups in total. The largest absolute Gasteiger partial charge is 0.375 e. The number of urea groups is 1. The highest BCUT2D eigenvalue weighted by atomic mass is 16.2. The minimum absolute atomic E-state index is 0.240. The van der Waals surface area contributed by atoms with Crippen molar-refractivity contribution in [3.05, 3.63) is 77.0 Å². The summed E-state index contributed by atoms with van der Waals surface area (Å²) in [5.41, 5.74) is 2.88. The molecule has 0 aliphatic rings. The summed E-state index contributed by atoms with van der Waals surface area (Å²) in [7, 11) is 2.03. The van der Waals surface area contributed by atoms with Crippen molar-refractivity contribution in [3.63, 3.8) is 0 Å². The van der Waals surface area contributed by atoms with Crippen molar-refractivity contribution in [2.24, 2.45) is 0 Å². The zero-order valence-corrected chi connectivity index (χ0v) is 16.1. The average molecular weight is 379 g/mol. The second-order valence-electron chi connectivity index (χ2n) is 6.58. The first-order valence-electron chi connectivity index (χ1n) is 9.24. The van der Waals surface area contributed by atoms with Gasteiger partial charge in [-0.15, -0.1) is 0 Å². The third-order valence-corrected chi connectivity index (χ3v) is 4.51. The van der Waals surface area contributed by atoms with Crippen molar-refractivity contribution in [2.45, 2.75) is 13.3 Å². The van der Waals surface area contributed by atoms with Crippen LogP contribution in [-0.2, 0) is 0 Å². The van der Waals surface area contributed by atoms with E-state index in [0.29, 0.717) is 17.9 Å². The van der Waals surface area contributed by atoms with Crippen molar-refractivity contribution in [1.29, 1.82) is 0 Å². The predicted molar refractivity (Wildman–Crippen MR) is 112 cm³/mol. The Morgan fingerprint density at radius 1 is 1.11 bits per heavy atom. The molecule has 0 unspecified atom stereocenters. The molecule has 1 heterocycles. The van der Waals surface area contributed by atoms with Crippen LogP contribution in [0, 0.1) is 6.92 Å². The highest BCUT2D eigenvalue weighted by Crippen LogP contribution is 2.19. The van der Waals surface area contributed by atoms with Gasteiger partial charge in [0.2, 0.25) is 0 Å². The van der Waals surface area contributed by atoms with E-state index >= 15 is 0 Å². The minimum atomic E-state index is -0.295. The Hall–Kier alpha value is -3.48. The van der Waals surface area contributed by atoms with Crippen molar-refractivity contribution >= 4 is 17.4 Å². The fraction of sp³-hybridized carbons (Fsp3) is 0.238. The van der Waals surface area contributed by atoms with Crippen LogP contribution in [0.2, 0.25) is 0 Å². The van der Waals surface area contributed by atoms with Gasteiger partial charge in [-0.3, -0.25) is 4.57 Å². The molecule has 2 amide bonds. The number of aromatic nitrogens is 2. The molecule has 0 aliphatic heterocycles. The molecule has 0 fully saturated rings. The molecule has 7 heteroatoms. The first kappa shape index (κ1) is 19.3. The molecule has 0 spiro atoms. The number of anilines is 2. The number of nitrogens with zero attached hydrogens (tertiary/aromatic N) is 2. The van der Waals surface area contributed by atoms with Gasteiger partial charge in [0.1, 0.15) is 0 Å². The van der Waals surface area contributed by atoms with E-state index in [0.717, 1.165) is 24.3 Å². The molecule has 1 aromatic heterocycles. The number of nitrogens with one attached hydrogen (secondary N) is 3. The number of H-pyrrole nitrogens is 1. The SMILES string of the molecule is Cc1c[nH]c(=O)n1-c1ccccc1NC(=O)NCCCN(C)c1ccccc1. The number of imidazole rings is 1. The normalized spacial score (nSPS) is 10.5. The van der Waals surface area contributed by atoms with Gasteiger partial charge < -0.3 is 20.5 Å². The number of amides is 2. The first-order chi connectivity index (χ1) is 13.6. The number of aromatic amines is 1. The predicted octanol–water partition coefficient (Wildman–Crippen LogP) is 3.12. The van der Waals surface area contributed by atoms with E-state index in [2.05, 4.69) is 32.7 Å². The fourth-order valence-corrected chi connectivity index (χ4v) is 3.03. The maximum atomic E-state index is 12.3. The van der Waals surface area contributed by atoms with Gasteiger partial charge >= 0.3 is 11.7 Å². The number of carbonyl (C=O) groups is 1. The zero-order valence-electron chi connectivity index (χ0n) is 16.1. The van der Waals surface area contributed by atoms with Crippen LogP contribution in [0.1, 0.15) is 12.1 Å². The molecule has 3 rings (SSSR count). The molecule has 3 aromatic rings. The van der Waals surface area contributed by atoms with Crippen molar-refractivity contribution in [1.82, 2.24) is 14.9 Å². The number of benzene rings is 2. The average Bonchev–Trinajstić information content (AvgIpc) is 3.04.